The van der Waals surface area contributed by atoms with Crippen LogP contribution in [0.15, 0.2) is 109 Å². The van der Waals surface area contributed by atoms with Crippen molar-refractivity contribution in [3.05, 3.63) is 160 Å². The van der Waals surface area contributed by atoms with Gasteiger partial charge < -0.3 is 67.5 Å². The largest absolute Gasteiger partial charge is 0.353 e. The third-order valence-corrected chi connectivity index (χ3v) is 21.2. The molecule has 0 radical (unpaired) electrons. The number of aromatic amines is 3. The number of urea groups is 2. The molecule has 0 aliphatic carbocycles. The van der Waals surface area contributed by atoms with Gasteiger partial charge in [-0.3, -0.25) is 81.6 Å². The molecule has 3 atom stereocenters. The number of thioether (sulfide) groups is 5. The van der Waals surface area contributed by atoms with Gasteiger partial charge in [0.15, 0.2) is 0 Å². The maximum atomic E-state index is 14.2. The molecule has 12 N–H and O–H groups in total. The van der Waals surface area contributed by atoms with Gasteiger partial charge in [-0.05, 0) is 45.2 Å². The molecular formula is C64H95N21O14S6. The molecule has 105 heavy (non-hydrogen) atoms. The summed E-state index contributed by atoms with van der Waals surface area (Å²) < 4.78 is 3.41. The highest BCUT2D eigenvalue weighted by Crippen LogP contribution is 2.15. The Labute approximate surface area is 633 Å². The van der Waals surface area contributed by atoms with Crippen molar-refractivity contribution in [2.75, 3.05) is 155 Å². The van der Waals surface area contributed by atoms with Gasteiger partial charge >= 0.3 is 29.1 Å². The zero-order valence-corrected chi connectivity index (χ0v) is 64.0. The summed E-state index contributed by atoms with van der Waals surface area (Å²) in [5.41, 5.74) is 14.5. The number of hydrogen-bond acceptors (Lipinski definition) is 25. The summed E-state index contributed by atoms with van der Waals surface area (Å²) in [5.74, 6) is 3.11. The smallest absolute Gasteiger partial charge is 0.328 e. The fraction of sp³-hybridized carbons (Fsp3) is 0.531. The number of amides is 10. The number of aryl methyl sites for hydroxylation is 3. The predicted octanol–water partition coefficient (Wildman–Crippen LogP) is -2.90. The first-order valence-corrected chi connectivity index (χ1v) is 39.9. The number of H-pyrrole nitrogens is 3. The van der Waals surface area contributed by atoms with Gasteiger partial charge in [-0.15, -0.1) is 0 Å². The lowest BCUT2D eigenvalue weighted by Gasteiger charge is -2.30. The number of nitrogens with zero attached hydrogens (tertiary/aromatic N) is 12. The van der Waals surface area contributed by atoms with Crippen molar-refractivity contribution < 1.29 is 38.4 Å². The van der Waals surface area contributed by atoms with Crippen LogP contribution >= 0.6 is 71.4 Å². The molecule has 6 rings (SSSR count). The van der Waals surface area contributed by atoms with Crippen molar-refractivity contribution in [2.24, 2.45) is 17.2 Å². The van der Waals surface area contributed by atoms with Crippen LogP contribution in [0.25, 0.3) is 0 Å². The molecule has 10 amide bonds. The first-order chi connectivity index (χ1) is 50.1. The van der Waals surface area contributed by atoms with Crippen LogP contribution in [0.4, 0.5) is 9.59 Å². The average Bonchev–Trinajstić information content (AvgIpc) is 0.823. The Hall–Kier alpha value is -8.32. The zero-order chi connectivity index (χ0) is 76.7. The molecule has 0 fully saturated rings. The molecule has 3 aromatic rings. The van der Waals surface area contributed by atoms with Gasteiger partial charge in [0.2, 0.25) is 35.4 Å². The van der Waals surface area contributed by atoms with Crippen LogP contribution in [0, 0.1) is 20.8 Å². The van der Waals surface area contributed by atoms with Gasteiger partial charge in [0.1, 0.15) is 39.3 Å². The fourth-order valence-electron chi connectivity index (χ4n) is 10.2. The molecule has 0 aromatic carbocycles. The number of nitrogens with one attached hydrogen (secondary N) is 6. The van der Waals surface area contributed by atoms with E-state index in [0.717, 1.165) is 13.7 Å². The highest BCUT2D eigenvalue weighted by Gasteiger charge is 2.27. The van der Waals surface area contributed by atoms with Crippen molar-refractivity contribution in [3.8, 4) is 0 Å². The van der Waals surface area contributed by atoms with E-state index in [2.05, 4.69) is 56.7 Å². The Morgan fingerprint density at radius 3 is 0.971 bits per heavy atom. The number of thiol groups is 1. The monoisotopic (exact) mass is 1570 g/mol. The summed E-state index contributed by atoms with van der Waals surface area (Å²) >= 11 is 11.7. The Morgan fingerprint density at radius 2 is 0.686 bits per heavy atom. The molecule has 3 unspecified atom stereocenters. The van der Waals surface area contributed by atoms with Crippen LogP contribution in [-0.4, -0.2) is 294 Å². The second kappa shape index (κ2) is 44.0. The minimum atomic E-state index is -0.761. The Morgan fingerprint density at radius 1 is 0.419 bits per heavy atom. The van der Waals surface area contributed by atoms with Gasteiger partial charge in [-0.1, -0.05) is 13.2 Å². The molecule has 0 saturated heterocycles. The minimum absolute atomic E-state index is 0.00584. The molecule has 0 bridgehead atoms. The Kier molecular flexibility index (Phi) is 35.8. The number of aromatic nitrogens is 6. The van der Waals surface area contributed by atoms with Crippen LogP contribution in [0.3, 0.4) is 0 Å². The van der Waals surface area contributed by atoms with Gasteiger partial charge in [0, 0.05) is 189 Å². The van der Waals surface area contributed by atoms with Crippen LogP contribution in [0.2, 0.25) is 0 Å². The summed E-state index contributed by atoms with van der Waals surface area (Å²) in [7, 11) is 0. The molecule has 3 aliphatic heterocycles. The van der Waals surface area contributed by atoms with E-state index in [0.29, 0.717) is 88.7 Å². The molecule has 0 saturated carbocycles. The number of carbonyl (C=O) groups excluding carboxylic acids is 8. The summed E-state index contributed by atoms with van der Waals surface area (Å²) in [6, 6.07) is -1.10. The van der Waals surface area contributed by atoms with E-state index in [-0.39, 0.29) is 138 Å². The van der Waals surface area contributed by atoms with Crippen molar-refractivity contribution >= 4 is 119 Å². The highest BCUT2D eigenvalue weighted by molar-refractivity contribution is 8.00. The van der Waals surface area contributed by atoms with Crippen LogP contribution < -0.4 is 66.9 Å². The number of nitrogens with two attached hydrogens (primary N) is 3. The molecule has 3 aliphatic rings. The fourth-order valence-corrected chi connectivity index (χ4v) is 15.0. The van der Waals surface area contributed by atoms with Gasteiger partial charge in [0.05, 0.1) is 24.3 Å². The van der Waals surface area contributed by atoms with Crippen LogP contribution in [0.1, 0.15) is 16.7 Å². The third kappa shape index (κ3) is 28.5. The Bertz CT molecular complexity index is 4010. The molecular weight excluding hydrogens is 1480 g/mol. The van der Waals surface area contributed by atoms with E-state index < -0.39 is 70.2 Å². The zero-order valence-electron chi connectivity index (χ0n) is 59.0. The summed E-state index contributed by atoms with van der Waals surface area (Å²) in [6.45, 7) is 13.6. The predicted molar refractivity (Wildman–Crippen MR) is 414 cm³/mol. The van der Waals surface area contributed by atoms with Crippen molar-refractivity contribution in [3.63, 3.8) is 0 Å². The average molecular weight is 1570 g/mol. The lowest BCUT2D eigenvalue weighted by molar-refractivity contribution is -0.132. The van der Waals surface area contributed by atoms with Gasteiger partial charge in [-0.25, -0.2) is 24.0 Å². The number of rotatable bonds is 45. The van der Waals surface area contributed by atoms with E-state index in [1.807, 2.05) is 0 Å². The Balaban J connectivity index is 1.06. The normalized spacial score (nSPS) is 15.4. The highest BCUT2D eigenvalue weighted by atomic mass is 32.2. The molecule has 3 aromatic heterocycles. The minimum Gasteiger partial charge on any atom is -0.353 e. The maximum Gasteiger partial charge on any atom is 0.328 e. The third-order valence-electron chi connectivity index (χ3n) is 16.3. The maximum absolute atomic E-state index is 14.2. The van der Waals surface area contributed by atoms with E-state index in [1.165, 1.54) is 131 Å². The van der Waals surface area contributed by atoms with Gasteiger partial charge in [0.25, 0.3) is 16.7 Å². The quantitative estimate of drug-likeness (QED) is 0.0200. The van der Waals surface area contributed by atoms with Crippen LogP contribution in [-0.2, 0) is 48.4 Å². The molecule has 6 heterocycles. The molecule has 0 spiro atoms. The van der Waals surface area contributed by atoms with Crippen LogP contribution in [0.5, 0.6) is 0 Å². The first-order valence-electron chi connectivity index (χ1n) is 33.5. The number of carbonyl (C=O) groups is 8. The molecule has 576 valence electrons. The van der Waals surface area contributed by atoms with Crippen molar-refractivity contribution in [1.82, 2.24) is 88.7 Å². The first kappa shape index (κ1) is 85.6. The standard InChI is InChI=1S/C64H95N21O14S6/c1-6-74(51(86)38-80-10-7-48(65)68-47(80)5)14-25-101-27-20-78(55(90)42-84-36-45(3)58(93)72-63(84)98)21-32-103-30-18-77(53(88)40-82-12-9-50(67)70-61(82)96)19-31-105-34-23-79(56(91)43-85-37-46(4)59(94)73-64(85)99)22-33-104-29-17-76(52(87)39-81-11-8-49(66)69-60(81)95)16-28-102-26-15-75(13-24-100)54(89)41-83-35-44(2)57(92)71-62(83)97/h6-12,35-37,48-50,68,100H,1,5,13-34,38-43,65-67H2,2-4H3,(H,69,95)(H,70,96)(H,71,92,97)(H,72,93,98)(H,73,94,99). The SMILES string of the molecule is C=CN(CCSCCN(CCSCCN(CCSCCN(CCSCCN(CCSCCN(CCS)C(=O)Cn1cc(C)c(=O)[nH]c1=O)C(=O)CN1C=CC(N)NC1=O)C(=O)Cn1cc(C)c(=O)[nH]c1=O)C(=O)CN1C=CC(N)NC1=O)C(=O)Cn1cc(C)c(=O)[nH]c1=O)C(=O)CN1C=CC(N)NC1=C. The summed E-state index contributed by atoms with van der Waals surface area (Å²) in [5, 5.41) is 8.11. The van der Waals surface area contributed by atoms with Crippen molar-refractivity contribution in [1.29, 1.82) is 0 Å². The topological polar surface area (TPSA) is 444 Å². The lowest BCUT2D eigenvalue weighted by Crippen LogP contribution is -2.52. The molecule has 35 nitrogen and oxygen atoms in total. The summed E-state index contributed by atoms with van der Waals surface area (Å²) in [4.78, 5) is 203. The van der Waals surface area contributed by atoms with E-state index in [4.69, 9.17) is 17.2 Å². The van der Waals surface area contributed by atoms with E-state index in [9.17, 15) is 67.1 Å². The van der Waals surface area contributed by atoms with Gasteiger partial charge in [-0.2, -0.15) is 71.4 Å². The second-order valence-corrected chi connectivity index (χ2v) is 30.6. The second-order valence-electron chi connectivity index (χ2n) is 24.0. The molecule has 41 heteroatoms. The van der Waals surface area contributed by atoms with E-state index in [1.54, 1.807) is 53.8 Å². The summed E-state index contributed by atoms with van der Waals surface area (Å²) in [6.07, 6.45) is 12.9. The lowest BCUT2D eigenvalue weighted by atomic mass is 10.3. The number of hydrogen-bond donors (Lipinski definition) is 10. The van der Waals surface area contributed by atoms with E-state index >= 15 is 0 Å². The van der Waals surface area contributed by atoms with Crippen molar-refractivity contribution in [2.45, 2.75) is 58.9 Å².